The van der Waals surface area contributed by atoms with Crippen molar-refractivity contribution < 1.29 is 9.32 Å². The van der Waals surface area contributed by atoms with Crippen molar-refractivity contribution in [1.82, 2.24) is 30.0 Å². The van der Waals surface area contributed by atoms with Crippen molar-refractivity contribution in [2.45, 2.75) is 32.2 Å². The molecular weight excluding hydrogens is 358 g/mol. The average molecular weight is 377 g/mol. The van der Waals surface area contributed by atoms with Crippen LogP contribution in [0.4, 0.5) is 0 Å². The second-order valence-corrected chi connectivity index (χ2v) is 7.08. The summed E-state index contributed by atoms with van der Waals surface area (Å²) in [5.41, 5.74) is 1.51. The molecule has 2 aromatic heterocycles. The third kappa shape index (κ3) is 3.36. The predicted molar refractivity (Wildman–Crippen MR) is 98.1 cm³/mol. The number of aromatic nitrogens is 5. The first-order valence-corrected chi connectivity index (χ1v) is 9.10. The lowest BCUT2D eigenvalue weighted by Crippen LogP contribution is -2.29. The fraction of sp³-hybridized carbons (Fsp3) is 0.368. The van der Waals surface area contributed by atoms with E-state index < -0.39 is 0 Å². The van der Waals surface area contributed by atoms with E-state index in [-0.39, 0.29) is 17.9 Å². The Kier molecular flexibility index (Phi) is 4.61. The number of carbonyl (C=O) groups is 1. The van der Waals surface area contributed by atoms with Crippen molar-refractivity contribution in [3.05, 3.63) is 47.4 Å². The number of likely N-dealkylation sites (tertiary alicyclic amines) is 1. The normalized spacial score (nSPS) is 16.5. The fourth-order valence-corrected chi connectivity index (χ4v) is 3.17. The Labute approximate surface area is 161 Å². The van der Waals surface area contributed by atoms with Crippen LogP contribution in [-0.2, 0) is 0 Å². The largest absolute Gasteiger partial charge is 0.336 e. The van der Waals surface area contributed by atoms with Crippen molar-refractivity contribution in [2.24, 2.45) is 0 Å². The molecule has 1 fully saturated rings. The van der Waals surface area contributed by atoms with Crippen LogP contribution in [0.15, 0.2) is 35.0 Å². The van der Waals surface area contributed by atoms with E-state index in [0.29, 0.717) is 41.6 Å². The van der Waals surface area contributed by atoms with Gasteiger partial charge in [-0.25, -0.2) is 4.68 Å². The molecule has 1 aliphatic rings. The van der Waals surface area contributed by atoms with Gasteiger partial charge in [-0.2, -0.15) is 10.2 Å². The maximum atomic E-state index is 12.7. The highest BCUT2D eigenvalue weighted by Gasteiger charge is 2.29. The minimum absolute atomic E-state index is 0.0249. The monoisotopic (exact) mass is 377 g/mol. The summed E-state index contributed by atoms with van der Waals surface area (Å²) < 4.78 is 7.00. The molecule has 1 aliphatic heterocycles. The summed E-state index contributed by atoms with van der Waals surface area (Å²) in [6, 6.07) is 8.83. The van der Waals surface area contributed by atoms with E-state index in [1.54, 1.807) is 40.0 Å². The number of nitriles is 1. The molecule has 1 saturated heterocycles. The van der Waals surface area contributed by atoms with Crippen molar-refractivity contribution in [3.63, 3.8) is 0 Å². The lowest BCUT2D eigenvalue weighted by Gasteiger charge is -2.16. The van der Waals surface area contributed by atoms with E-state index in [9.17, 15) is 4.79 Å². The zero-order chi connectivity index (χ0) is 19.7. The summed E-state index contributed by atoms with van der Waals surface area (Å²) in [7, 11) is 0. The molecule has 9 heteroatoms. The Morgan fingerprint density at radius 2 is 2.25 bits per heavy atom. The number of nitrogens with zero attached hydrogens (tertiary/aromatic N) is 7. The van der Waals surface area contributed by atoms with E-state index in [1.807, 2.05) is 13.8 Å². The van der Waals surface area contributed by atoms with Crippen LogP contribution in [0.1, 0.15) is 54.0 Å². The van der Waals surface area contributed by atoms with Gasteiger partial charge in [-0.1, -0.05) is 30.3 Å². The second-order valence-electron chi connectivity index (χ2n) is 7.08. The van der Waals surface area contributed by atoms with Crippen molar-refractivity contribution in [2.75, 3.05) is 13.1 Å². The number of carbonyl (C=O) groups excluding carboxylic acids is 1. The molecule has 28 heavy (non-hydrogen) atoms. The van der Waals surface area contributed by atoms with Crippen molar-refractivity contribution in [1.29, 1.82) is 5.26 Å². The van der Waals surface area contributed by atoms with Crippen LogP contribution in [0.25, 0.3) is 11.6 Å². The van der Waals surface area contributed by atoms with Gasteiger partial charge in [-0.3, -0.25) is 4.79 Å². The van der Waals surface area contributed by atoms with Gasteiger partial charge in [-0.15, -0.1) is 5.10 Å². The summed E-state index contributed by atoms with van der Waals surface area (Å²) >= 11 is 0. The highest BCUT2D eigenvalue weighted by Crippen LogP contribution is 2.25. The van der Waals surface area contributed by atoms with E-state index in [4.69, 9.17) is 9.78 Å². The standard InChI is InChI=1S/C19H19N7O2/c1-12(2)17-21-18(28-23-17)16-11-26(24-22-16)15-6-7-25(10-15)19(27)14-5-3-4-13(8-14)9-20/h3-5,8,11-12,15H,6-7,10H2,1-2H3/t15-/m0/s1. The third-order valence-corrected chi connectivity index (χ3v) is 4.75. The molecule has 0 bridgehead atoms. The molecule has 0 unspecified atom stereocenters. The zero-order valence-electron chi connectivity index (χ0n) is 15.6. The first-order chi connectivity index (χ1) is 13.5. The van der Waals surface area contributed by atoms with E-state index >= 15 is 0 Å². The Balaban J connectivity index is 1.46. The maximum Gasteiger partial charge on any atom is 0.280 e. The summed E-state index contributed by atoms with van der Waals surface area (Å²) in [6.45, 7) is 5.12. The van der Waals surface area contributed by atoms with Gasteiger partial charge in [0.2, 0.25) is 0 Å². The molecule has 1 amide bonds. The summed E-state index contributed by atoms with van der Waals surface area (Å²) in [5, 5.41) is 21.3. The van der Waals surface area contributed by atoms with Gasteiger partial charge < -0.3 is 9.42 Å². The Hall–Kier alpha value is -3.54. The van der Waals surface area contributed by atoms with Gasteiger partial charge in [0, 0.05) is 24.6 Å². The zero-order valence-corrected chi connectivity index (χ0v) is 15.6. The van der Waals surface area contributed by atoms with Crippen LogP contribution in [0.2, 0.25) is 0 Å². The molecule has 4 rings (SSSR count). The molecule has 0 saturated carbocycles. The molecule has 1 atom stereocenters. The summed E-state index contributed by atoms with van der Waals surface area (Å²) in [4.78, 5) is 18.8. The molecule has 1 aromatic carbocycles. The van der Waals surface area contributed by atoms with Crippen LogP contribution in [0.5, 0.6) is 0 Å². The van der Waals surface area contributed by atoms with Crippen LogP contribution in [-0.4, -0.2) is 49.0 Å². The minimum Gasteiger partial charge on any atom is -0.336 e. The first-order valence-electron chi connectivity index (χ1n) is 9.10. The van der Waals surface area contributed by atoms with Crippen molar-refractivity contribution >= 4 is 5.91 Å². The SMILES string of the molecule is CC(C)c1noc(-c2cn([C@H]3CCN(C(=O)c4cccc(C#N)c4)C3)nn2)n1. The predicted octanol–water partition coefficient (Wildman–Crippen LogP) is 2.41. The molecule has 0 radical (unpaired) electrons. The molecule has 0 aliphatic carbocycles. The average Bonchev–Trinajstić information content (AvgIpc) is 3.46. The summed E-state index contributed by atoms with van der Waals surface area (Å²) in [6.07, 6.45) is 2.54. The van der Waals surface area contributed by atoms with Gasteiger partial charge >= 0.3 is 0 Å². The minimum atomic E-state index is -0.0848. The quantitative estimate of drug-likeness (QED) is 0.686. The van der Waals surface area contributed by atoms with E-state index in [2.05, 4.69) is 26.5 Å². The fourth-order valence-electron chi connectivity index (χ4n) is 3.17. The first kappa shape index (κ1) is 17.9. The van der Waals surface area contributed by atoms with Crippen LogP contribution in [0, 0.1) is 11.3 Å². The Morgan fingerprint density at radius 3 is 3.00 bits per heavy atom. The lowest BCUT2D eigenvalue weighted by molar-refractivity contribution is 0.0787. The van der Waals surface area contributed by atoms with Crippen LogP contribution in [0.3, 0.4) is 0 Å². The Bertz CT molecular complexity index is 1050. The maximum absolute atomic E-state index is 12.7. The van der Waals surface area contributed by atoms with E-state index in [0.717, 1.165) is 6.42 Å². The third-order valence-electron chi connectivity index (χ3n) is 4.75. The van der Waals surface area contributed by atoms with Gasteiger partial charge in [0.05, 0.1) is 23.9 Å². The molecular formula is C19H19N7O2. The van der Waals surface area contributed by atoms with E-state index in [1.165, 1.54) is 0 Å². The summed E-state index contributed by atoms with van der Waals surface area (Å²) in [5.74, 6) is 1.05. The smallest absolute Gasteiger partial charge is 0.280 e. The Morgan fingerprint density at radius 1 is 1.39 bits per heavy atom. The molecule has 3 aromatic rings. The molecule has 9 nitrogen and oxygen atoms in total. The highest BCUT2D eigenvalue weighted by atomic mass is 16.5. The van der Waals surface area contributed by atoms with Gasteiger partial charge in [0.1, 0.15) is 0 Å². The van der Waals surface area contributed by atoms with Crippen LogP contribution < -0.4 is 0 Å². The van der Waals surface area contributed by atoms with Crippen LogP contribution >= 0.6 is 0 Å². The second kappa shape index (κ2) is 7.23. The lowest BCUT2D eigenvalue weighted by atomic mass is 10.1. The molecule has 0 spiro atoms. The number of benzene rings is 1. The molecule has 0 N–H and O–H groups in total. The number of hydrogen-bond acceptors (Lipinski definition) is 7. The van der Waals surface area contributed by atoms with Gasteiger partial charge in [-0.05, 0) is 24.6 Å². The number of amides is 1. The van der Waals surface area contributed by atoms with Gasteiger partial charge in [0.25, 0.3) is 11.8 Å². The highest BCUT2D eigenvalue weighted by molar-refractivity contribution is 5.94. The molecule has 3 heterocycles. The van der Waals surface area contributed by atoms with Gasteiger partial charge in [0.15, 0.2) is 11.5 Å². The number of rotatable bonds is 4. The van der Waals surface area contributed by atoms with Crippen molar-refractivity contribution in [3.8, 4) is 17.7 Å². The number of hydrogen-bond donors (Lipinski definition) is 0. The molecule has 142 valence electrons. The topological polar surface area (TPSA) is 114 Å².